The lowest BCUT2D eigenvalue weighted by Crippen LogP contribution is -2.29. The highest BCUT2D eigenvalue weighted by molar-refractivity contribution is 7.92. The average Bonchev–Trinajstić information content (AvgIpc) is 2.98. The molecule has 0 radical (unpaired) electrons. The second-order valence-corrected chi connectivity index (χ2v) is 7.39. The molecule has 0 atom stereocenters. The van der Waals surface area contributed by atoms with Gasteiger partial charge in [-0.1, -0.05) is 18.2 Å². The van der Waals surface area contributed by atoms with Crippen LogP contribution in [0.15, 0.2) is 47.4 Å². The summed E-state index contributed by atoms with van der Waals surface area (Å²) in [6.07, 6.45) is 0.532. The van der Waals surface area contributed by atoms with E-state index in [4.69, 9.17) is 0 Å². The molecular weight excluding hydrogens is 312 g/mol. The van der Waals surface area contributed by atoms with Crippen molar-refractivity contribution in [3.05, 3.63) is 59.2 Å². The first-order valence-electron chi connectivity index (χ1n) is 7.38. The van der Waals surface area contributed by atoms with Crippen molar-refractivity contribution in [3.8, 4) is 0 Å². The number of amides is 1. The topological polar surface area (TPSA) is 66.5 Å². The van der Waals surface area contributed by atoms with Crippen LogP contribution in [0.5, 0.6) is 0 Å². The van der Waals surface area contributed by atoms with Crippen molar-refractivity contribution in [1.29, 1.82) is 0 Å². The molecule has 0 saturated carbocycles. The van der Waals surface area contributed by atoms with Gasteiger partial charge < -0.3 is 5.32 Å². The number of carbonyl (C=O) groups excluding carboxylic acids is 1. The molecule has 23 heavy (non-hydrogen) atoms. The van der Waals surface area contributed by atoms with Gasteiger partial charge in [0, 0.05) is 19.2 Å². The molecule has 0 aliphatic carbocycles. The summed E-state index contributed by atoms with van der Waals surface area (Å²) in [6, 6.07) is 12.1. The van der Waals surface area contributed by atoms with Crippen molar-refractivity contribution in [2.45, 2.75) is 18.2 Å². The standard InChI is InChI=1S/C17H18N2O3S/c1-12-5-3-6-13(11-12)23(21,22)19-10-9-14-15(17(20)18-2)7-4-8-16(14)19/h3-8,11H,9-10H2,1-2H3,(H,18,20). The van der Waals surface area contributed by atoms with Gasteiger partial charge in [0.1, 0.15) is 0 Å². The van der Waals surface area contributed by atoms with Crippen LogP contribution >= 0.6 is 0 Å². The van der Waals surface area contributed by atoms with Crippen molar-refractivity contribution < 1.29 is 13.2 Å². The minimum atomic E-state index is -3.62. The quantitative estimate of drug-likeness (QED) is 0.937. The molecule has 1 heterocycles. The van der Waals surface area contributed by atoms with Crippen LogP contribution in [0.1, 0.15) is 21.5 Å². The summed E-state index contributed by atoms with van der Waals surface area (Å²) in [5.74, 6) is -0.198. The third-order valence-electron chi connectivity index (χ3n) is 4.03. The highest BCUT2D eigenvalue weighted by Gasteiger charge is 2.32. The van der Waals surface area contributed by atoms with E-state index in [1.165, 1.54) is 4.31 Å². The van der Waals surface area contributed by atoms with Gasteiger partial charge >= 0.3 is 0 Å². The fraction of sp³-hybridized carbons (Fsp3) is 0.235. The Morgan fingerprint density at radius 3 is 2.61 bits per heavy atom. The first kappa shape index (κ1) is 15.6. The molecule has 2 aromatic rings. The normalized spacial score (nSPS) is 13.7. The minimum Gasteiger partial charge on any atom is -0.355 e. The molecule has 3 rings (SSSR count). The second-order valence-electron chi connectivity index (χ2n) is 5.53. The number of nitrogens with one attached hydrogen (secondary N) is 1. The van der Waals surface area contributed by atoms with Crippen LogP contribution in [0.3, 0.4) is 0 Å². The summed E-state index contributed by atoms with van der Waals surface area (Å²) in [5, 5.41) is 2.60. The van der Waals surface area contributed by atoms with Gasteiger partial charge in [-0.15, -0.1) is 0 Å². The van der Waals surface area contributed by atoms with E-state index >= 15 is 0 Å². The Balaban J connectivity index is 2.08. The third kappa shape index (κ3) is 2.59. The number of hydrogen-bond acceptors (Lipinski definition) is 3. The highest BCUT2D eigenvalue weighted by Crippen LogP contribution is 2.35. The molecule has 0 spiro atoms. The Bertz CT molecular complexity index is 875. The summed E-state index contributed by atoms with van der Waals surface area (Å²) in [6.45, 7) is 2.21. The predicted molar refractivity (Wildman–Crippen MR) is 89.2 cm³/mol. The number of benzene rings is 2. The molecule has 1 N–H and O–H groups in total. The number of fused-ring (bicyclic) bond motifs is 1. The van der Waals surface area contributed by atoms with E-state index in [-0.39, 0.29) is 10.8 Å². The van der Waals surface area contributed by atoms with Crippen molar-refractivity contribution in [2.24, 2.45) is 0 Å². The van der Waals surface area contributed by atoms with E-state index < -0.39 is 10.0 Å². The minimum absolute atomic E-state index is 0.198. The zero-order valence-electron chi connectivity index (χ0n) is 13.0. The molecule has 1 amide bonds. The molecular formula is C17H18N2O3S. The average molecular weight is 330 g/mol. The zero-order chi connectivity index (χ0) is 16.6. The van der Waals surface area contributed by atoms with Crippen LogP contribution in [0.2, 0.25) is 0 Å². The Labute approximate surface area is 136 Å². The fourth-order valence-corrected chi connectivity index (χ4v) is 4.51. The van der Waals surface area contributed by atoms with E-state index in [2.05, 4.69) is 5.32 Å². The monoisotopic (exact) mass is 330 g/mol. The van der Waals surface area contributed by atoms with Crippen molar-refractivity contribution >= 4 is 21.6 Å². The lowest BCUT2D eigenvalue weighted by Gasteiger charge is -2.20. The molecule has 120 valence electrons. The molecule has 0 fully saturated rings. The molecule has 1 aliphatic rings. The van der Waals surface area contributed by atoms with Crippen LogP contribution in [0.4, 0.5) is 5.69 Å². The molecule has 1 aliphatic heterocycles. The van der Waals surface area contributed by atoms with Crippen LogP contribution < -0.4 is 9.62 Å². The molecule has 6 heteroatoms. The number of hydrogen-bond donors (Lipinski definition) is 1. The van der Waals surface area contributed by atoms with Crippen molar-refractivity contribution in [1.82, 2.24) is 5.32 Å². The Hall–Kier alpha value is -2.34. The Kier molecular flexibility index (Phi) is 3.85. The van der Waals surface area contributed by atoms with E-state index in [0.29, 0.717) is 24.2 Å². The Morgan fingerprint density at radius 2 is 1.91 bits per heavy atom. The third-order valence-corrected chi connectivity index (χ3v) is 5.84. The number of nitrogens with zero attached hydrogens (tertiary/aromatic N) is 1. The van der Waals surface area contributed by atoms with Gasteiger partial charge in [0.25, 0.3) is 15.9 Å². The maximum absolute atomic E-state index is 12.9. The van der Waals surface area contributed by atoms with E-state index in [0.717, 1.165) is 11.1 Å². The van der Waals surface area contributed by atoms with E-state index in [9.17, 15) is 13.2 Å². The number of aryl methyl sites for hydroxylation is 1. The first-order chi connectivity index (χ1) is 10.9. The van der Waals surface area contributed by atoms with Gasteiger partial charge in [-0.25, -0.2) is 8.42 Å². The lowest BCUT2D eigenvalue weighted by molar-refractivity contribution is 0.0962. The summed E-state index contributed by atoms with van der Waals surface area (Å²) in [5.41, 5.74) is 2.80. The molecule has 0 unspecified atom stereocenters. The van der Waals surface area contributed by atoms with Gasteiger partial charge in [-0.3, -0.25) is 9.10 Å². The zero-order valence-corrected chi connectivity index (χ0v) is 13.9. The SMILES string of the molecule is CNC(=O)c1cccc2c1CCN2S(=O)(=O)c1cccc(C)c1. The van der Waals surface area contributed by atoms with Crippen LogP contribution in [-0.4, -0.2) is 27.9 Å². The second kappa shape index (κ2) is 5.70. The van der Waals surface area contributed by atoms with Crippen molar-refractivity contribution in [2.75, 3.05) is 17.9 Å². The number of rotatable bonds is 3. The van der Waals surface area contributed by atoms with Gasteiger partial charge in [0.2, 0.25) is 0 Å². The number of sulfonamides is 1. The van der Waals surface area contributed by atoms with Gasteiger partial charge in [-0.2, -0.15) is 0 Å². The fourth-order valence-electron chi connectivity index (χ4n) is 2.90. The molecule has 2 aromatic carbocycles. The van der Waals surface area contributed by atoms with Gasteiger partial charge in [0.15, 0.2) is 0 Å². The van der Waals surface area contributed by atoms with Crippen LogP contribution in [0, 0.1) is 6.92 Å². The summed E-state index contributed by atoms with van der Waals surface area (Å²) in [7, 11) is -2.05. The number of anilines is 1. The van der Waals surface area contributed by atoms with Crippen molar-refractivity contribution in [3.63, 3.8) is 0 Å². The first-order valence-corrected chi connectivity index (χ1v) is 8.82. The predicted octanol–water partition coefficient (Wildman–Crippen LogP) is 2.11. The Morgan fingerprint density at radius 1 is 1.17 bits per heavy atom. The maximum Gasteiger partial charge on any atom is 0.264 e. The number of carbonyl (C=O) groups is 1. The van der Waals surface area contributed by atoms with Crippen LogP contribution in [0.25, 0.3) is 0 Å². The highest BCUT2D eigenvalue weighted by atomic mass is 32.2. The maximum atomic E-state index is 12.9. The van der Waals surface area contributed by atoms with Gasteiger partial charge in [0.05, 0.1) is 10.6 Å². The van der Waals surface area contributed by atoms with E-state index in [1.54, 1.807) is 43.4 Å². The molecule has 0 bridgehead atoms. The smallest absolute Gasteiger partial charge is 0.264 e. The molecule has 5 nitrogen and oxygen atoms in total. The molecule has 0 saturated heterocycles. The lowest BCUT2D eigenvalue weighted by atomic mass is 10.0. The summed E-state index contributed by atoms with van der Waals surface area (Å²) < 4.78 is 27.2. The van der Waals surface area contributed by atoms with Gasteiger partial charge in [-0.05, 0) is 48.7 Å². The van der Waals surface area contributed by atoms with E-state index in [1.807, 2.05) is 13.0 Å². The largest absolute Gasteiger partial charge is 0.355 e. The summed E-state index contributed by atoms with van der Waals surface area (Å²) in [4.78, 5) is 12.2. The summed E-state index contributed by atoms with van der Waals surface area (Å²) >= 11 is 0. The van der Waals surface area contributed by atoms with Crippen LogP contribution in [-0.2, 0) is 16.4 Å². The molecule has 0 aromatic heterocycles.